The summed E-state index contributed by atoms with van der Waals surface area (Å²) in [4.78, 5) is 4.31. The third kappa shape index (κ3) is 5.88. The highest BCUT2D eigenvalue weighted by atomic mass is 32.2. The van der Waals surface area contributed by atoms with Gasteiger partial charge in [0.15, 0.2) is 0 Å². The van der Waals surface area contributed by atoms with Crippen molar-refractivity contribution in [2.75, 3.05) is 18.4 Å². The molecule has 0 saturated carbocycles. The second kappa shape index (κ2) is 7.04. The predicted octanol–water partition coefficient (Wildman–Crippen LogP) is 2.62. The molecule has 0 aromatic carbocycles. The van der Waals surface area contributed by atoms with Crippen LogP contribution in [0.15, 0.2) is 23.2 Å². The summed E-state index contributed by atoms with van der Waals surface area (Å²) in [5.74, 6) is 0.695. The zero-order chi connectivity index (χ0) is 15.2. The number of anilines is 1. The van der Waals surface area contributed by atoms with Crippen LogP contribution in [-0.4, -0.2) is 26.5 Å². The maximum absolute atomic E-state index is 12.1. The Morgan fingerprint density at radius 2 is 1.90 bits per heavy atom. The van der Waals surface area contributed by atoms with Gasteiger partial charge in [-0.3, -0.25) is 0 Å². The summed E-state index contributed by atoms with van der Waals surface area (Å²) in [5.41, 5.74) is 0.106. The minimum Gasteiger partial charge on any atom is -0.370 e. The molecule has 1 rings (SSSR count). The minimum absolute atomic E-state index is 0.106. The largest absolute Gasteiger partial charge is 0.370 e. The highest BCUT2D eigenvalue weighted by molar-refractivity contribution is 7.89. The molecule has 0 radical (unpaired) electrons. The van der Waals surface area contributed by atoms with E-state index in [9.17, 15) is 8.42 Å². The molecule has 1 aromatic heterocycles. The third-order valence-electron chi connectivity index (χ3n) is 2.77. The molecule has 0 spiro atoms. The molecule has 0 aliphatic rings. The fourth-order valence-electron chi connectivity index (χ4n) is 1.54. The molecule has 0 aliphatic carbocycles. The van der Waals surface area contributed by atoms with Gasteiger partial charge in [0.25, 0.3) is 0 Å². The molecular weight excluding hydrogens is 274 g/mol. The van der Waals surface area contributed by atoms with E-state index in [4.69, 9.17) is 0 Å². The lowest BCUT2D eigenvalue weighted by Crippen LogP contribution is -2.27. The van der Waals surface area contributed by atoms with E-state index in [-0.39, 0.29) is 10.3 Å². The molecule has 0 atom stereocenters. The van der Waals surface area contributed by atoms with Gasteiger partial charge in [0.05, 0.1) is 0 Å². The highest BCUT2D eigenvalue weighted by Crippen LogP contribution is 2.18. The van der Waals surface area contributed by atoms with Crippen LogP contribution in [0.5, 0.6) is 0 Å². The molecule has 2 N–H and O–H groups in total. The minimum atomic E-state index is -3.46. The van der Waals surface area contributed by atoms with Crippen molar-refractivity contribution < 1.29 is 8.42 Å². The lowest BCUT2D eigenvalue weighted by atomic mass is 9.93. The monoisotopic (exact) mass is 299 g/mol. The molecule has 6 heteroatoms. The molecule has 0 saturated heterocycles. The molecule has 0 aliphatic heterocycles. The fourth-order valence-corrected chi connectivity index (χ4v) is 2.52. The van der Waals surface area contributed by atoms with Gasteiger partial charge in [-0.25, -0.2) is 18.1 Å². The number of hydrogen-bond donors (Lipinski definition) is 2. The van der Waals surface area contributed by atoms with Crippen molar-refractivity contribution in [3.63, 3.8) is 0 Å². The van der Waals surface area contributed by atoms with Gasteiger partial charge >= 0.3 is 0 Å². The average Bonchev–Trinajstić information content (AvgIpc) is 2.35. The summed E-state index contributed by atoms with van der Waals surface area (Å²) in [6.45, 7) is 9.56. The maximum Gasteiger partial charge on any atom is 0.242 e. The van der Waals surface area contributed by atoms with Crippen molar-refractivity contribution in [2.24, 2.45) is 5.41 Å². The normalized spacial score (nSPS) is 12.4. The van der Waals surface area contributed by atoms with E-state index in [0.717, 1.165) is 19.4 Å². The summed E-state index contributed by atoms with van der Waals surface area (Å²) < 4.78 is 26.7. The summed E-state index contributed by atoms with van der Waals surface area (Å²) in [5, 5.41) is 3.11. The lowest BCUT2D eigenvalue weighted by Gasteiger charge is -2.18. The smallest absolute Gasteiger partial charge is 0.242 e. The lowest BCUT2D eigenvalue weighted by molar-refractivity contribution is 0.378. The molecule has 0 fully saturated rings. The molecule has 0 unspecified atom stereocenters. The van der Waals surface area contributed by atoms with E-state index in [1.165, 1.54) is 6.20 Å². The van der Waals surface area contributed by atoms with Gasteiger partial charge in [-0.1, -0.05) is 27.7 Å². The molecule has 114 valence electrons. The molecular formula is C14H25N3O2S. The van der Waals surface area contributed by atoms with Crippen LogP contribution in [0.1, 0.15) is 40.5 Å². The topological polar surface area (TPSA) is 71.1 Å². The standard InChI is InChI=1S/C14H25N3O2S/c1-5-9-15-13-7-6-12(11-16-13)20(18,19)17-10-8-14(2,3)4/h6-7,11,17H,5,8-10H2,1-4H3,(H,15,16). The number of nitrogens with zero attached hydrogens (tertiary/aromatic N) is 1. The first-order chi connectivity index (χ1) is 9.24. The first kappa shape index (κ1) is 16.9. The van der Waals surface area contributed by atoms with Gasteiger partial charge in [-0.15, -0.1) is 0 Å². The Balaban J connectivity index is 2.63. The number of nitrogens with one attached hydrogen (secondary N) is 2. The zero-order valence-corrected chi connectivity index (χ0v) is 13.5. The van der Waals surface area contributed by atoms with E-state index in [0.29, 0.717) is 12.4 Å². The van der Waals surface area contributed by atoms with Gasteiger partial charge in [0.2, 0.25) is 10.0 Å². The van der Waals surface area contributed by atoms with E-state index in [2.05, 4.69) is 42.7 Å². The van der Waals surface area contributed by atoms with Crippen LogP contribution < -0.4 is 10.0 Å². The molecule has 1 aromatic rings. The maximum atomic E-state index is 12.1. The Labute approximate surface area is 122 Å². The first-order valence-corrected chi connectivity index (χ1v) is 8.42. The van der Waals surface area contributed by atoms with Gasteiger partial charge in [-0.05, 0) is 30.4 Å². The summed E-state index contributed by atoms with van der Waals surface area (Å²) in [7, 11) is -3.46. The van der Waals surface area contributed by atoms with Crippen LogP contribution in [0, 0.1) is 5.41 Å². The van der Waals surface area contributed by atoms with Crippen molar-refractivity contribution in [3.05, 3.63) is 18.3 Å². The highest BCUT2D eigenvalue weighted by Gasteiger charge is 2.16. The Morgan fingerprint density at radius 1 is 1.20 bits per heavy atom. The summed E-state index contributed by atoms with van der Waals surface area (Å²) in [6, 6.07) is 3.26. The van der Waals surface area contributed by atoms with Crippen LogP contribution >= 0.6 is 0 Å². The van der Waals surface area contributed by atoms with Crippen molar-refractivity contribution in [2.45, 2.75) is 45.4 Å². The van der Waals surface area contributed by atoms with Crippen molar-refractivity contribution >= 4 is 15.8 Å². The number of sulfonamides is 1. The molecule has 1 heterocycles. The predicted molar refractivity (Wildman–Crippen MR) is 82.3 cm³/mol. The van der Waals surface area contributed by atoms with Crippen LogP contribution in [0.4, 0.5) is 5.82 Å². The van der Waals surface area contributed by atoms with E-state index in [1.807, 2.05) is 0 Å². The van der Waals surface area contributed by atoms with E-state index < -0.39 is 10.0 Å². The zero-order valence-electron chi connectivity index (χ0n) is 12.7. The second-order valence-electron chi connectivity index (χ2n) is 6.01. The number of pyridine rings is 1. The Morgan fingerprint density at radius 3 is 2.40 bits per heavy atom. The van der Waals surface area contributed by atoms with Gasteiger partial charge in [-0.2, -0.15) is 0 Å². The SMILES string of the molecule is CCCNc1ccc(S(=O)(=O)NCCC(C)(C)C)cn1. The molecule has 0 bridgehead atoms. The quantitative estimate of drug-likeness (QED) is 0.812. The van der Waals surface area contributed by atoms with Crippen LogP contribution in [0.25, 0.3) is 0 Å². The number of hydrogen-bond acceptors (Lipinski definition) is 4. The Kier molecular flexibility index (Phi) is 5.95. The van der Waals surface area contributed by atoms with Crippen molar-refractivity contribution in [3.8, 4) is 0 Å². The summed E-state index contributed by atoms with van der Waals surface area (Å²) in [6.07, 6.45) is 3.17. The number of rotatable bonds is 7. The van der Waals surface area contributed by atoms with E-state index in [1.54, 1.807) is 12.1 Å². The molecule has 5 nitrogen and oxygen atoms in total. The van der Waals surface area contributed by atoms with Crippen molar-refractivity contribution in [1.82, 2.24) is 9.71 Å². The van der Waals surface area contributed by atoms with Crippen molar-refractivity contribution in [1.29, 1.82) is 0 Å². The van der Waals surface area contributed by atoms with Gasteiger partial charge in [0, 0.05) is 19.3 Å². The van der Waals surface area contributed by atoms with Crippen LogP contribution in [0.3, 0.4) is 0 Å². The Hall–Kier alpha value is -1.14. The van der Waals surface area contributed by atoms with E-state index >= 15 is 0 Å². The van der Waals surface area contributed by atoms with Gasteiger partial charge in [0.1, 0.15) is 10.7 Å². The summed E-state index contributed by atoms with van der Waals surface area (Å²) >= 11 is 0. The molecule has 0 amide bonds. The molecule has 20 heavy (non-hydrogen) atoms. The second-order valence-corrected chi connectivity index (χ2v) is 7.78. The average molecular weight is 299 g/mol. The first-order valence-electron chi connectivity index (χ1n) is 6.94. The van der Waals surface area contributed by atoms with Gasteiger partial charge < -0.3 is 5.32 Å². The van der Waals surface area contributed by atoms with Crippen LogP contribution in [-0.2, 0) is 10.0 Å². The third-order valence-corrected chi connectivity index (χ3v) is 4.22. The fraction of sp³-hybridized carbons (Fsp3) is 0.643. The number of aromatic nitrogens is 1. The Bertz CT molecular complexity index is 504. The van der Waals surface area contributed by atoms with Crippen LogP contribution in [0.2, 0.25) is 0 Å².